The Morgan fingerprint density at radius 1 is 1.26 bits per heavy atom. The van der Waals surface area contributed by atoms with Crippen LogP contribution in [-0.4, -0.2) is 31.3 Å². The number of hydrogen-bond donors (Lipinski definition) is 1. The fourth-order valence-corrected chi connectivity index (χ4v) is 3.54. The minimum Gasteiger partial charge on any atom is -0.348 e. The minimum absolute atomic E-state index is 0.139. The average molecular weight is 363 g/mol. The van der Waals surface area contributed by atoms with E-state index in [1.165, 1.54) is 12.8 Å². The monoisotopic (exact) mass is 363 g/mol. The van der Waals surface area contributed by atoms with Crippen LogP contribution in [0.5, 0.6) is 0 Å². The highest BCUT2D eigenvalue weighted by Gasteiger charge is 2.33. The predicted octanol–water partition coefficient (Wildman–Crippen LogP) is 3.65. The molecular weight excluding hydrogens is 338 g/mol. The normalized spacial score (nSPS) is 15.3. The molecule has 0 aliphatic heterocycles. The molecule has 0 bridgehead atoms. The first kappa shape index (κ1) is 17.6. The average Bonchev–Trinajstić information content (AvgIpc) is 3.40. The lowest BCUT2D eigenvalue weighted by Crippen LogP contribution is -2.37. The maximum absolute atomic E-state index is 13.0. The molecule has 27 heavy (non-hydrogen) atoms. The van der Waals surface area contributed by atoms with E-state index in [9.17, 15) is 4.79 Å². The molecule has 1 aliphatic rings. The van der Waals surface area contributed by atoms with Crippen LogP contribution >= 0.6 is 0 Å². The van der Waals surface area contributed by atoms with Gasteiger partial charge >= 0.3 is 0 Å². The van der Waals surface area contributed by atoms with Crippen molar-refractivity contribution >= 4 is 11.6 Å². The van der Waals surface area contributed by atoms with E-state index < -0.39 is 0 Å². The third kappa shape index (κ3) is 3.70. The number of nitrogens with zero attached hydrogens (tertiary/aromatic N) is 4. The molecule has 1 fully saturated rings. The molecule has 0 saturated heterocycles. The van der Waals surface area contributed by atoms with E-state index in [4.69, 9.17) is 4.98 Å². The minimum atomic E-state index is -0.139. The van der Waals surface area contributed by atoms with Crippen LogP contribution < -0.4 is 5.32 Å². The SMILES string of the molecule is Cc1cc(-c2ccccn2)nc2c(C(=O)NC(CC(C)C)C3CC3)ncn12. The number of imidazole rings is 1. The summed E-state index contributed by atoms with van der Waals surface area (Å²) in [4.78, 5) is 26.4. The topological polar surface area (TPSA) is 72.2 Å². The lowest BCUT2D eigenvalue weighted by molar-refractivity contribution is 0.0923. The summed E-state index contributed by atoms with van der Waals surface area (Å²) in [6.45, 7) is 6.37. The van der Waals surface area contributed by atoms with Gasteiger partial charge in [-0.15, -0.1) is 0 Å². The van der Waals surface area contributed by atoms with Crippen LogP contribution in [0.2, 0.25) is 0 Å². The number of carbonyl (C=O) groups excluding carboxylic acids is 1. The number of hydrogen-bond acceptors (Lipinski definition) is 4. The van der Waals surface area contributed by atoms with Crippen molar-refractivity contribution in [1.82, 2.24) is 24.7 Å². The van der Waals surface area contributed by atoms with Gasteiger partial charge in [0.1, 0.15) is 6.33 Å². The number of carbonyl (C=O) groups is 1. The number of fused-ring (bicyclic) bond motifs is 1. The number of pyridine rings is 1. The summed E-state index contributed by atoms with van der Waals surface area (Å²) in [5, 5.41) is 3.21. The highest BCUT2D eigenvalue weighted by molar-refractivity contribution is 5.98. The summed E-state index contributed by atoms with van der Waals surface area (Å²) in [5.41, 5.74) is 3.45. The third-order valence-electron chi connectivity index (χ3n) is 5.07. The van der Waals surface area contributed by atoms with Crippen LogP contribution in [0, 0.1) is 18.8 Å². The second-order valence-corrected chi connectivity index (χ2v) is 7.83. The first-order valence-corrected chi connectivity index (χ1v) is 9.60. The van der Waals surface area contributed by atoms with Gasteiger partial charge in [0.05, 0.1) is 11.4 Å². The van der Waals surface area contributed by atoms with Gasteiger partial charge in [-0.1, -0.05) is 19.9 Å². The maximum atomic E-state index is 13.0. The Kier molecular flexibility index (Phi) is 4.64. The number of nitrogens with one attached hydrogen (secondary N) is 1. The molecule has 3 heterocycles. The summed E-state index contributed by atoms with van der Waals surface area (Å²) in [7, 11) is 0. The molecule has 0 spiro atoms. The van der Waals surface area contributed by atoms with Crippen LogP contribution in [0.1, 0.15) is 49.3 Å². The van der Waals surface area contributed by atoms with Crippen LogP contribution in [0.4, 0.5) is 0 Å². The van der Waals surface area contributed by atoms with Gasteiger partial charge in [-0.25, -0.2) is 9.97 Å². The van der Waals surface area contributed by atoms with Crippen molar-refractivity contribution in [2.24, 2.45) is 11.8 Å². The largest absolute Gasteiger partial charge is 0.348 e. The summed E-state index contributed by atoms with van der Waals surface area (Å²) < 4.78 is 1.86. The second kappa shape index (κ2) is 7.10. The van der Waals surface area contributed by atoms with Gasteiger partial charge in [-0.05, 0) is 56.2 Å². The van der Waals surface area contributed by atoms with Gasteiger partial charge in [0, 0.05) is 17.9 Å². The van der Waals surface area contributed by atoms with Crippen LogP contribution in [0.25, 0.3) is 17.0 Å². The van der Waals surface area contributed by atoms with Gasteiger partial charge in [0.15, 0.2) is 11.3 Å². The molecule has 140 valence electrons. The van der Waals surface area contributed by atoms with Crippen molar-refractivity contribution in [1.29, 1.82) is 0 Å². The van der Waals surface area contributed by atoms with E-state index in [-0.39, 0.29) is 11.9 Å². The summed E-state index contributed by atoms with van der Waals surface area (Å²) in [5.74, 6) is 1.01. The first-order chi connectivity index (χ1) is 13.0. The van der Waals surface area contributed by atoms with Crippen LogP contribution in [0.3, 0.4) is 0 Å². The second-order valence-electron chi connectivity index (χ2n) is 7.83. The van der Waals surface area contributed by atoms with Crippen LogP contribution in [0.15, 0.2) is 36.8 Å². The Balaban J connectivity index is 1.67. The molecule has 3 aromatic heterocycles. The fraction of sp³-hybridized carbons (Fsp3) is 0.429. The molecule has 0 aromatic carbocycles. The summed E-state index contributed by atoms with van der Waals surface area (Å²) in [6.07, 6.45) is 6.80. The van der Waals surface area contributed by atoms with Gasteiger partial charge in [0.2, 0.25) is 0 Å². The molecule has 1 N–H and O–H groups in total. The molecule has 3 aromatic rings. The van der Waals surface area contributed by atoms with Gasteiger partial charge < -0.3 is 5.32 Å². The Hall–Kier alpha value is -2.76. The molecule has 1 saturated carbocycles. The van der Waals surface area contributed by atoms with E-state index >= 15 is 0 Å². The number of rotatable bonds is 6. The summed E-state index contributed by atoms with van der Waals surface area (Å²) >= 11 is 0. The molecule has 6 heteroatoms. The highest BCUT2D eigenvalue weighted by Crippen LogP contribution is 2.35. The zero-order valence-electron chi connectivity index (χ0n) is 16.0. The molecule has 4 rings (SSSR count). The van der Waals surface area contributed by atoms with Gasteiger partial charge in [0.25, 0.3) is 5.91 Å². The number of aryl methyl sites for hydroxylation is 1. The zero-order chi connectivity index (χ0) is 19.0. The Morgan fingerprint density at radius 2 is 2.07 bits per heavy atom. The van der Waals surface area contributed by atoms with Crippen molar-refractivity contribution in [3.05, 3.63) is 48.2 Å². The van der Waals surface area contributed by atoms with E-state index in [1.807, 2.05) is 35.6 Å². The molecule has 1 amide bonds. The van der Waals surface area contributed by atoms with Crippen molar-refractivity contribution in [3.63, 3.8) is 0 Å². The van der Waals surface area contributed by atoms with Crippen molar-refractivity contribution in [3.8, 4) is 11.4 Å². The predicted molar refractivity (Wildman–Crippen MR) is 104 cm³/mol. The molecule has 1 aliphatic carbocycles. The van der Waals surface area contributed by atoms with Crippen molar-refractivity contribution in [2.75, 3.05) is 0 Å². The molecule has 0 radical (unpaired) electrons. The van der Waals surface area contributed by atoms with E-state index in [0.717, 1.165) is 23.5 Å². The third-order valence-corrected chi connectivity index (χ3v) is 5.07. The molecule has 6 nitrogen and oxygen atoms in total. The van der Waals surface area contributed by atoms with Gasteiger partial charge in [-0.2, -0.15) is 0 Å². The first-order valence-electron chi connectivity index (χ1n) is 9.60. The lowest BCUT2D eigenvalue weighted by atomic mass is 10.00. The lowest BCUT2D eigenvalue weighted by Gasteiger charge is -2.19. The van der Waals surface area contributed by atoms with Crippen molar-refractivity contribution < 1.29 is 4.79 Å². The molecule has 1 atom stereocenters. The highest BCUT2D eigenvalue weighted by atomic mass is 16.2. The number of aromatic nitrogens is 4. The molecule has 1 unspecified atom stereocenters. The smallest absolute Gasteiger partial charge is 0.274 e. The zero-order valence-corrected chi connectivity index (χ0v) is 16.0. The van der Waals surface area contributed by atoms with E-state index in [0.29, 0.717) is 23.2 Å². The molecular formula is C21H25N5O. The Labute approximate surface area is 159 Å². The van der Waals surface area contributed by atoms with Crippen LogP contribution in [-0.2, 0) is 0 Å². The van der Waals surface area contributed by atoms with Crippen molar-refractivity contribution in [2.45, 2.75) is 46.1 Å². The Bertz CT molecular complexity index is 959. The van der Waals surface area contributed by atoms with E-state index in [1.54, 1.807) is 12.5 Å². The number of amides is 1. The fourth-order valence-electron chi connectivity index (χ4n) is 3.54. The summed E-state index contributed by atoms with van der Waals surface area (Å²) in [6, 6.07) is 7.90. The quantitative estimate of drug-likeness (QED) is 0.725. The van der Waals surface area contributed by atoms with Gasteiger partial charge in [-0.3, -0.25) is 14.2 Å². The maximum Gasteiger partial charge on any atom is 0.274 e. The Morgan fingerprint density at radius 3 is 2.74 bits per heavy atom. The van der Waals surface area contributed by atoms with E-state index in [2.05, 4.69) is 29.1 Å². The standard InChI is InChI=1S/C21H25N5O/c1-13(2)10-17(15-7-8-15)25-21(27)19-20-24-18(16-6-4-5-9-22-16)11-14(3)26(20)12-23-19/h4-6,9,11-13,15,17H,7-8,10H2,1-3H3,(H,25,27).